The van der Waals surface area contributed by atoms with Crippen LogP contribution in [-0.2, 0) is 0 Å². The van der Waals surface area contributed by atoms with E-state index >= 15 is 0 Å². The molecule has 1 atom stereocenters. The number of likely N-dealkylation sites (tertiary alicyclic amines) is 1. The Bertz CT molecular complexity index is 97.6. The van der Waals surface area contributed by atoms with Gasteiger partial charge in [-0.1, -0.05) is 0 Å². The minimum absolute atomic E-state index is 0.334. The molecule has 0 amide bonds. The fraction of sp³-hybridized carbons (Fsp3) is 1.00. The maximum atomic E-state index is 8.79. The molecule has 0 unspecified atom stereocenters. The molecule has 0 bridgehead atoms. The first kappa shape index (κ1) is 7.98. The molecule has 1 aliphatic rings. The van der Waals surface area contributed by atoms with Crippen LogP contribution in [0.3, 0.4) is 0 Å². The number of hydrogen-bond donors (Lipinski definition) is 2. The maximum Gasteiger partial charge on any atom is 0.0471 e. The Morgan fingerprint density at radius 3 is 2.90 bits per heavy atom. The molecule has 60 valence electrons. The minimum Gasteiger partial charge on any atom is -0.396 e. The summed E-state index contributed by atoms with van der Waals surface area (Å²) >= 11 is 0. The highest BCUT2D eigenvalue weighted by Gasteiger charge is 2.20. The van der Waals surface area contributed by atoms with E-state index in [9.17, 15) is 0 Å². The molecular formula is C7H16N2O. The van der Waals surface area contributed by atoms with Crippen molar-refractivity contribution < 1.29 is 5.11 Å². The van der Waals surface area contributed by atoms with E-state index in [4.69, 9.17) is 10.8 Å². The molecule has 0 aromatic heterocycles. The molecule has 0 aromatic carbocycles. The predicted molar refractivity (Wildman–Crippen MR) is 40.7 cm³/mol. The van der Waals surface area contributed by atoms with Gasteiger partial charge < -0.3 is 15.7 Å². The van der Waals surface area contributed by atoms with Gasteiger partial charge in [0.05, 0.1) is 0 Å². The minimum atomic E-state index is 0.334. The third-order valence-electron chi connectivity index (χ3n) is 2.07. The topological polar surface area (TPSA) is 49.5 Å². The third-order valence-corrected chi connectivity index (χ3v) is 2.07. The zero-order chi connectivity index (χ0) is 7.40. The largest absolute Gasteiger partial charge is 0.396 e. The van der Waals surface area contributed by atoms with E-state index in [1.165, 1.54) is 0 Å². The molecule has 1 heterocycles. The van der Waals surface area contributed by atoms with Crippen LogP contribution >= 0.6 is 0 Å². The summed E-state index contributed by atoms with van der Waals surface area (Å²) in [6.45, 7) is 4.20. The Morgan fingerprint density at radius 2 is 2.40 bits per heavy atom. The first-order chi connectivity index (χ1) is 4.86. The highest BCUT2D eigenvalue weighted by molar-refractivity contribution is 4.74. The van der Waals surface area contributed by atoms with Gasteiger partial charge in [0.25, 0.3) is 0 Å². The summed E-state index contributed by atoms with van der Waals surface area (Å²) < 4.78 is 0. The van der Waals surface area contributed by atoms with Crippen molar-refractivity contribution in [3.05, 3.63) is 0 Å². The predicted octanol–water partition coefficient (Wildman–Crippen LogP) is -0.741. The van der Waals surface area contributed by atoms with Gasteiger partial charge in [-0.15, -0.1) is 0 Å². The molecule has 0 spiro atoms. The number of nitrogens with zero attached hydrogens (tertiary/aromatic N) is 1. The number of nitrogens with two attached hydrogens (primary N) is 1. The van der Waals surface area contributed by atoms with Crippen LogP contribution in [-0.4, -0.2) is 42.8 Å². The van der Waals surface area contributed by atoms with Crippen LogP contribution in [0.15, 0.2) is 0 Å². The van der Waals surface area contributed by atoms with Gasteiger partial charge in [-0.3, -0.25) is 0 Å². The Morgan fingerprint density at radius 1 is 1.60 bits per heavy atom. The Labute approximate surface area is 61.8 Å². The van der Waals surface area contributed by atoms with Gasteiger partial charge in [-0.05, 0) is 18.9 Å². The summed E-state index contributed by atoms with van der Waals surface area (Å²) in [4.78, 5) is 2.31. The molecule has 0 aromatic rings. The first-order valence-corrected chi connectivity index (χ1v) is 3.90. The highest BCUT2D eigenvalue weighted by atomic mass is 16.3. The quantitative estimate of drug-likeness (QED) is 0.548. The van der Waals surface area contributed by atoms with Crippen LogP contribution in [0.25, 0.3) is 0 Å². The van der Waals surface area contributed by atoms with Crippen LogP contribution in [0, 0.1) is 5.92 Å². The second-order valence-electron chi connectivity index (χ2n) is 2.93. The monoisotopic (exact) mass is 144 g/mol. The summed E-state index contributed by atoms with van der Waals surface area (Å²) in [5.74, 6) is 0.506. The van der Waals surface area contributed by atoms with E-state index < -0.39 is 0 Å². The number of aliphatic hydroxyl groups excluding tert-OH is 1. The molecule has 0 radical (unpaired) electrons. The Hall–Kier alpha value is -0.120. The zero-order valence-corrected chi connectivity index (χ0v) is 6.29. The lowest BCUT2D eigenvalue weighted by molar-refractivity contribution is 0.223. The van der Waals surface area contributed by atoms with E-state index in [0.717, 1.165) is 32.6 Å². The fourth-order valence-electron chi connectivity index (χ4n) is 1.45. The molecule has 3 heteroatoms. The normalized spacial score (nSPS) is 27.6. The molecule has 1 aliphatic heterocycles. The Balaban J connectivity index is 2.15. The summed E-state index contributed by atoms with van der Waals surface area (Å²) in [6, 6.07) is 0. The molecule has 3 N–H and O–H groups in total. The SMILES string of the molecule is NCCN1CC[C@@H](CO)C1. The van der Waals surface area contributed by atoms with Crippen molar-refractivity contribution in [3.8, 4) is 0 Å². The smallest absolute Gasteiger partial charge is 0.0471 e. The number of hydrogen-bond acceptors (Lipinski definition) is 3. The van der Waals surface area contributed by atoms with Gasteiger partial charge in [-0.2, -0.15) is 0 Å². The third kappa shape index (κ3) is 1.94. The van der Waals surface area contributed by atoms with Crippen molar-refractivity contribution in [1.29, 1.82) is 0 Å². The Kier molecular flexibility index (Phi) is 3.12. The van der Waals surface area contributed by atoms with Crippen molar-refractivity contribution in [2.45, 2.75) is 6.42 Å². The average molecular weight is 144 g/mol. The van der Waals surface area contributed by atoms with Gasteiger partial charge in [0.1, 0.15) is 0 Å². The van der Waals surface area contributed by atoms with Crippen LogP contribution < -0.4 is 5.73 Å². The maximum absolute atomic E-state index is 8.79. The van der Waals surface area contributed by atoms with Crippen molar-refractivity contribution in [2.24, 2.45) is 11.7 Å². The van der Waals surface area contributed by atoms with Gasteiger partial charge in [-0.25, -0.2) is 0 Å². The van der Waals surface area contributed by atoms with Crippen molar-refractivity contribution in [2.75, 3.05) is 32.8 Å². The van der Waals surface area contributed by atoms with Gasteiger partial charge in [0.15, 0.2) is 0 Å². The van der Waals surface area contributed by atoms with Crippen LogP contribution in [0.2, 0.25) is 0 Å². The second kappa shape index (κ2) is 3.91. The lowest BCUT2D eigenvalue weighted by Gasteiger charge is -2.12. The van der Waals surface area contributed by atoms with Crippen molar-refractivity contribution >= 4 is 0 Å². The lowest BCUT2D eigenvalue weighted by Crippen LogP contribution is -2.27. The average Bonchev–Trinajstić information content (AvgIpc) is 2.37. The lowest BCUT2D eigenvalue weighted by atomic mass is 10.1. The molecule has 10 heavy (non-hydrogen) atoms. The molecule has 3 nitrogen and oxygen atoms in total. The summed E-state index contributed by atoms with van der Waals surface area (Å²) in [7, 11) is 0. The molecule has 1 fully saturated rings. The van der Waals surface area contributed by atoms with Crippen LogP contribution in [0.4, 0.5) is 0 Å². The van der Waals surface area contributed by atoms with E-state index in [1.807, 2.05) is 0 Å². The summed E-state index contributed by atoms with van der Waals surface area (Å²) in [5.41, 5.74) is 5.39. The van der Waals surface area contributed by atoms with E-state index in [1.54, 1.807) is 0 Å². The van der Waals surface area contributed by atoms with Crippen LogP contribution in [0.1, 0.15) is 6.42 Å². The second-order valence-corrected chi connectivity index (χ2v) is 2.93. The van der Waals surface area contributed by atoms with Gasteiger partial charge >= 0.3 is 0 Å². The van der Waals surface area contributed by atoms with Crippen molar-refractivity contribution in [3.63, 3.8) is 0 Å². The van der Waals surface area contributed by atoms with E-state index in [0.29, 0.717) is 12.5 Å². The number of aliphatic hydroxyl groups is 1. The van der Waals surface area contributed by atoms with Gasteiger partial charge in [0, 0.05) is 26.2 Å². The molecular weight excluding hydrogens is 128 g/mol. The van der Waals surface area contributed by atoms with Crippen LogP contribution in [0.5, 0.6) is 0 Å². The van der Waals surface area contributed by atoms with Crippen molar-refractivity contribution in [1.82, 2.24) is 4.90 Å². The highest BCUT2D eigenvalue weighted by Crippen LogP contribution is 2.13. The molecule has 1 saturated heterocycles. The summed E-state index contributed by atoms with van der Waals surface area (Å²) in [5, 5.41) is 8.79. The van der Waals surface area contributed by atoms with Gasteiger partial charge in [0.2, 0.25) is 0 Å². The zero-order valence-electron chi connectivity index (χ0n) is 6.29. The molecule has 0 saturated carbocycles. The summed E-state index contributed by atoms with van der Waals surface area (Å²) in [6.07, 6.45) is 1.14. The van der Waals surface area contributed by atoms with E-state index in [2.05, 4.69) is 4.90 Å². The standard InChI is InChI=1S/C7H16N2O/c8-2-4-9-3-1-7(5-9)6-10/h7,10H,1-6,8H2/t7-/m1/s1. The molecule has 0 aliphatic carbocycles. The fourth-order valence-corrected chi connectivity index (χ4v) is 1.45. The molecule has 1 rings (SSSR count). The number of rotatable bonds is 3. The first-order valence-electron chi connectivity index (χ1n) is 3.90. The van der Waals surface area contributed by atoms with E-state index in [-0.39, 0.29) is 0 Å².